The van der Waals surface area contributed by atoms with Gasteiger partial charge in [-0.15, -0.1) is 18.8 Å². The van der Waals surface area contributed by atoms with Gasteiger partial charge >= 0.3 is 0 Å². The molecular formula is C46H54B2. The van der Waals surface area contributed by atoms with Gasteiger partial charge in [-0.2, -0.15) is 0 Å². The number of aryl methyl sites for hydroxylation is 2. The van der Waals surface area contributed by atoms with E-state index in [4.69, 9.17) is 20.7 Å². The Bertz CT molecular complexity index is 1510. The lowest BCUT2D eigenvalue weighted by Crippen LogP contribution is -2.24. The molecule has 0 amide bonds. The molecule has 2 heteroatoms. The van der Waals surface area contributed by atoms with Gasteiger partial charge in [-0.3, -0.25) is 0 Å². The van der Waals surface area contributed by atoms with Gasteiger partial charge in [-0.05, 0) is 79.1 Å². The van der Waals surface area contributed by atoms with Gasteiger partial charge in [0.15, 0.2) is 6.71 Å². The number of allylic oxidation sites excluding steroid dienone is 1. The molecule has 4 aromatic rings. The summed E-state index contributed by atoms with van der Waals surface area (Å²) in [4.78, 5) is 0. The van der Waals surface area contributed by atoms with E-state index in [1.54, 1.807) is 0 Å². The van der Waals surface area contributed by atoms with Gasteiger partial charge in [0, 0.05) is 11.1 Å². The van der Waals surface area contributed by atoms with Gasteiger partial charge in [-0.1, -0.05) is 173 Å². The minimum absolute atomic E-state index is 0.435. The molecule has 244 valence electrons. The average Bonchev–Trinajstić information content (AvgIpc) is 3.13. The quantitative estimate of drug-likeness (QED) is 0.0741. The van der Waals surface area contributed by atoms with Crippen molar-refractivity contribution in [2.24, 2.45) is 0 Å². The lowest BCUT2D eigenvalue weighted by molar-refractivity contribution is 0.667. The Morgan fingerprint density at radius 1 is 0.583 bits per heavy atom. The summed E-state index contributed by atoms with van der Waals surface area (Å²) in [5.74, 6) is 7.31. The van der Waals surface area contributed by atoms with Crippen molar-refractivity contribution in [3.05, 3.63) is 142 Å². The van der Waals surface area contributed by atoms with Crippen LogP contribution in [0.1, 0.15) is 106 Å². The molecule has 0 fully saturated rings. The molecule has 48 heavy (non-hydrogen) atoms. The topological polar surface area (TPSA) is 0 Å². The van der Waals surface area contributed by atoms with Gasteiger partial charge in [0.25, 0.3) is 0 Å². The third kappa shape index (κ3) is 17.0. The second-order valence-electron chi connectivity index (χ2n) is 12.3. The minimum Gasteiger partial charge on any atom is -0.115 e. The molecule has 0 N–H and O–H groups in total. The van der Waals surface area contributed by atoms with E-state index >= 15 is 0 Å². The van der Waals surface area contributed by atoms with Crippen LogP contribution in [-0.4, -0.2) is 14.6 Å². The summed E-state index contributed by atoms with van der Waals surface area (Å²) in [5, 5.41) is 0. The number of benzene rings is 4. The fourth-order valence-electron chi connectivity index (χ4n) is 5.12. The van der Waals surface area contributed by atoms with Crippen molar-refractivity contribution in [3.63, 3.8) is 0 Å². The third-order valence-electron chi connectivity index (χ3n) is 8.21. The molecule has 0 aliphatic rings. The predicted molar refractivity (Wildman–Crippen MR) is 218 cm³/mol. The van der Waals surface area contributed by atoms with E-state index in [1.807, 2.05) is 43.3 Å². The van der Waals surface area contributed by atoms with Gasteiger partial charge in [-0.25, -0.2) is 0 Å². The SMILES string of the molecule is C#Cc1ccc(C#C)cc1.C/C=C/c1ccc(/C=C/B(C)c2ccc(CCCCCC)cc2)cc1.[B]c1ccc(CCCCCC)cc1. The highest BCUT2D eigenvalue weighted by atomic mass is 14.0. The fraction of sp³-hybridized carbons (Fsp3) is 0.304. The van der Waals surface area contributed by atoms with E-state index in [1.165, 1.54) is 91.9 Å². The van der Waals surface area contributed by atoms with Gasteiger partial charge in [0.2, 0.25) is 0 Å². The van der Waals surface area contributed by atoms with Crippen LogP contribution in [0.25, 0.3) is 12.2 Å². The van der Waals surface area contributed by atoms with Crippen LogP contribution in [0.2, 0.25) is 6.82 Å². The van der Waals surface area contributed by atoms with Gasteiger partial charge in [0.05, 0.1) is 0 Å². The molecule has 0 aromatic heterocycles. The zero-order chi connectivity index (χ0) is 34.8. The monoisotopic (exact) mass is 628 g/mol. The van der Waals surface area contributed by atoms with Crippen LogP contribution in [0.15, 0.2) is 109 Å². The highest BCUT2D eigenvalue weighted by molar-refractivity contribution is 6.77. The molecule has 0 saturated carbocycles. The molecule has 0 aliphatic heterocycles. The number of hydrogen-bond acceptors (Lipinski definition) is 0. The minimum atomic E-state index is 0.435. The van der Waals surface area contributed by atoms with Crippen LogP contribution in [-0.2, 0) is 12.8 Å². The molecule has 0 bridgehead atoms. The van der Waals surface area contributed by atoms with E-state index in [0.717, 1.165) is 16.6 Å². The Labute approximate surface area is 295 Å². The van der Waals surface area contributed by atoms with E-state index in [9.17, 15) is 0 Å². The summed E-state index contributed by atoms with van der Waals surface area (Å²) in [6, 6.07) is 33.4. The second-order valence-corrected chi connectivity index (χ2v) is 12.3. The van der Waals surface area contributed by atoms with E-state index in [2.05, 4.69) is 117 Å². The predicted octanol–water partition coefficient (Wildman–Crippen LogP) is 10.7. The molecule has 2 radical (unpaired) electrons. The molecule has 0 spiro atoms. The number of terminal acetylenes is 2. The number of rotatable bonds is 14. The van der Waals surface area contributed by atoms with Crippen LogP contribution < -0.4 is 10.9 Å². The van der Waals surface area contributed by atoms with E-state index in [-0.39, 0.29) is 0 Å². The first-order valence-corrected chi connectivity index (χ1v) is 17.8. The first-order valence-electron chi connectivity index (χ1n) is 17.8. The largest absolute Gasteiger partial charge is 0.197 e. The Balaban J connectivity index is 0.000000288. The van der Waals surface area contributed by atoms with Crippen LogP contribution in [0, 0.1) is 24.7 Å². The van der Waals surface area contributed by atoms with Crippen LogP contribution in [0.4, 0.5) is 0 Å². The summed E-state index contributed by atoms with van der Waals surface area (Å²) in [6.07, 6.45) is 29.7. The summed E-state index contributed by atoms with van der Waals surface area (Å²) in [5.41, 5.74) is 9.35. The molecule has 4 rings (SSSR count). The van der Waals surface area contributed by atoms with Crippen molar-refractivity contribution in [2.75, 3.05) is 0 Å². The van der Waals surface area contributed by atoms with E-state index in [0.29, 0.717) is 6.71 Å². The van der Waals surface area contributed by atoms with Crippen molar-refractivity contribution in [1.82, 2.24) is 0 Å². The highest BCUT2D eigenvalue weighted by Crippen LogP contribution is 2.10. The van der Waals surface area contributed by atoms with Crippen molar-refractivity contribution in [1.29, 1.82) is 0 Å². The smallest absolute Gasteiger partial charge is 0.115 e. The Kier molecular flexibility index (Phi) is 20.5. The summed E-state index contributed by atoms with van der Waals surface area (Å²) < 4.78 is 0. The Morgan fingerprint density at radius 3 is 1.44 bits per heavy atom. The maximum atomic E-state index is 5.60. The molecule has 0 aliphatic carbocycles. The van der Waals surface area contributed by atoms with Crippen molar-refractivity contribution in [3.8, 4) is 24.7 Å². The maximum absolute atomic E-state index is 5.60. The lowest BCUT2D eigenvalue weighted by Gasteiger charge is -2.06. The van der Waals surface area contributed by atoms with E-state index < -0.39 is 0 Å². The first kappa shape index (κ1) is 39.8. The molecule has 0 unspecified atom stereocenters. The maximum Gasteiger partial charge on any atom is 0.197 e. The lowest BCUT2D eigenvalue weighted by atomic mass is 9.47. The molecule has 0 nitrogen and oxygen atoms in total. The molecule has 0 saturated heterocycles. The summed E-state index contributed by atoms with van der Waals surface area (Å²) in [6.45, 7) is 9.25. The molecular weight excluding hydrogens is 574 g/mol. The molecule has 0 atom stereocenters. The van der Waals surface area contributed by atoms with Crippen LogP contribution in [0.5, 0.6) is 0 Å². The normalized spacial score (nSPS) is 10.4. The zero-order valence-electron chi connectivity index (χ0n) is 29.9. The number of unbranched alkanes of at least 4 members (excludes halogenated alkanes) is 6. The standard InChI is InChI=1S/C24H31B.C12H17B.C10H6/c1-4-6-7-8-10-22-15-17-24(18-16-22)25(3)20-19-23-13-11-21(9-5-2)12-14-23;1-2-3-4-5-6-11-7-9-12(13)10-8-11;1-3-9-5-7-10(4-2)8-6-9/h5,9,11-20H,4,6-8,10H2,1-3H3;7-10H,2-6H2,1H3;1-2,5-8H/b9-5+,20-19+;;. The van der Waals surface area contributed by atoms with Crippen molar-refractivity contribution < 1.29 is 0 Å². The highest BCUT2D eigenvalue weighted by Gasteiger charge is 2.06. The Morgan fingerprint density at radius 2 is 1.02 bits per heavy atom. The Hall–Kier alpha value is -4.39. The second kappa shape index (κ2) is 24.7. The average molecular weight is 629 g/mol. The molecule has 0 heterocycles. The van der Waals surface area contributed by atoms with Crippen molar-refractivity contribution >= 4 is 37.6 Å². The summed E-state index contributed by atoms with van der Waals surface area (Å²) in [7, 11) is 5.60. The van der Waals surface area contributed by atoms with Gasteiger partial charge in [0.1, 0.15) is 7.85 Å². The first-order chi connectivity index (χ1) is 23.4. The van der Waals surface area contributed by atoms with Gasteiger partial charge < -0.3 is 0 Å². The number of hydrogen-bond donors (Lipinski definition) is 0. The molecule has 4 aromatic carbocycles. The fourth-order valence-corrected chi connectivity index (χ4v) is 5.12. The third-order valence-corrected chi connectivity index (χ3v) is 8.21. The van der Waals surface area contributed by atoms with Crippen LogP contribution in [0.3, 0.4) is 0 Å². The van der Waals surface area contributed by atoms with Crippen LogP contribution >= 0.6 is 0 Å². The summed E-state index contributed by atoms with van der Waals surface area (Å²) >= 11 is 0. The zero-order valence-corrected chi connectivity index (χ0v) is 29.9. The van der Waals surface area contributed by atoms with Crippen molar-refractivity contribution in [2.45, 2.75) is 91.8 Å².